The number of nitrogens with one attached hydrogen (secondary N) is 1. The summed E-state index contributed by atoms with van der Waals surface area (Å²) in [5, 5.41) is 0.105. The molecule has 0 amide bonds. The monoisotopic (exact) mass is 471 g/mol. The van der Waals surface area contributed by atoms with Crippen molar-refractivity contribution in [2.75, 3.05) is 4.27 Å². The first-order valence-electron chi connectivity index (χ1n) is 12.3. The fourth-order valence-corrected chi connectivity index (χ4v) is 6.82. The summed E-state index contributed by atoms with van der Waals surface area (Å²) in [5.74, 6) is 0. The first kappa shape index (κ1) is 26.5. The molecule has 0 spiro atoms. The summed E-state index contributed by atoms with van der Waals surface area (Å²) in [6, 6.07) is 8.92. The van der Waals surface area contributed by atoms with Gasteiger partial charge in [-0.1, -0.05) is 45.4 Å². The Morgan fingerprint density at radius 2 is 0.966 bits per heavy atom. The molecule has 0 atom stereocenters. The van der Waals surface area contributed by atoms with E-state index in [0.717, 1.165) is 12.8 Å². The number of para-hydroxylation sites is 1. The van der Waals surface area contributed by atoms with E-state index in [4.69, 9.17) is 0 Å². The maximum atomic E-state index is 14.1. The van der Waals surface area contributed by atoms with E-state index in [2.05, 4.69) is 11.2 Å². The maximum absolute atomic E-state index is 14.1. The first-order chi connectivity index (χ1) is 14.1. The standard InChI is InChI=1S/C25H45F2GeN/c1-2-3-4-5-6-7-8-9-10-11-12-13-14-15-16-17-21-24-28(26,27)29-25-22-19-18-20-23-25/h18-20,22-23,29H,2-17,21,24H2,1H3. The number of halogens is 2. The third-order valence-electron chi connectivity index (χ3n) is 5.70. The van der Waals surface area contributed by atoms with Gasteiger partial charge in [0.05, 0.1) is 0 Å². The van der Waals surface area contributed by atoms with Crippen molar-refractivity contribution in [2.45, 2.75) is 121 Å². The minimum absolute atomic E-state index is 0.105. The van der Waals surface area contributed by atoms with E-state index >= 15 is 0 Å². The number of hydrogen-bond donors (Lipinski definition) is 1. The molecule has 0 saturated carbocycles. The summed E-state index contributed by atoms with van der Waals surface area (Å²) in [7, 11) is 0. The van der Waals surface area contributed by atoms with Crippen LogP contribution in [0.5, 0.6) is 0 Å². The molecule has 0 fully saturated rings. The van der Waals surface area contributed by atoms with Gasteiger partial charge in [0.2, 0.25) is 0 Å². The van der Waals surface area contributed by atoms with Crippen LogP contribution in [0.15, 0.2) is 30.3 Å². The number of unbranched alkanes of at least 4 members (excludes halogenated alkanes) is 16. The molecular formula is C25H45F2GeN. The fraction of sp³-hybridized carbons (Fsp3) is 0.760. The molecular weight excluding hydrogens is 425 g/mol. The zero-order chi connectivity index (χ0) is 21.0. The molecule has 0 aliphatic heterocycles. The molecule has 0 unspecified atom stereocenters. The predicted octanol–water partition coefficient (Wildman–Crippen LogP) is 9.63. The Bertz CT molecular complexity index is 467. The van der Waals surface area contributed by atoms with Gasteiger partial charge in [0.25, 0.3) is 0 Å². The van der Waals surface area contributed by atoms with Crippen LogP contribution >= 0.6 is 0 Å². The molecule has 1 aromatic rings. The van der Waals surface area contributed by atoms with Crippen molar-refractivity contribution in [3.05, 3.63) is 30.3 Å². The molecule has 1 aromatic carbocycles. The van der Waals surface area contributed by atoms with Crippen LogP contribution in [0.4, 0.5) is 12.7 Å². The van der Waals surface area contributed by atoms with Gasteiger partial charge in [-0.15, -0.1) is 0 Å². The van der Waals surface area contributed by atoms with Crippen LogP contribution in [0.2, 0.25) is 5.25 Å². The van der Waals surface area contributed by atoms with Gasteiger partial charge < -0.3 is 0 Å². The number of rotatable bonds is 20. The Labute approximate surface area is 183 Å². The number of benzene rings is 1. The van der Waals surface area contributed by atoms with Crippen LogP contribution in [0, 0.1) is 0 Å². The molecule has 0 heterocycles. The van der Waals surface area contributed by atoms with Crippen molar-refractivity contribution < 1.29 is 7.00 Å². The van der Waals surface area contributed by atoms with Crippen molar-refractivity contribution in [3.63, 3.8) is 0 Å². The SMILES string of the molecule is CCCCCCCCCCCCCCCCCC[CH2][Ge]([F])([F])[NH]c1ccccc1. The van der Waals surface area contributed by atoms with Gasteiger partial charge in [-0.05, 0) is 0 Å². The van der Waals surface area contributed by atoms with Gasteiger partial charge in [-0.25, -0.2) is 0 Å². The molecule has 0 radical (unpaired) electrons. The molecule has 29 heavy (non-hydrogen) atoms. The van der Waals surface area contributed by atoms with E-state index in [1.165, 1.54) is 89.9 Å². The molecule has 4 heteroatoms. The Morgan fingerprint density at radius 3 is 1.38 bits per heavy atom. The van der Waals surface area contributed by atoms with E-state index in [9.17, 15) is 7.00 Å². The van der Waals surface area contributed by atoms with Crippen LogP contribution in [0.1, 0.15) is 116 Å². The second kappa shape index (κ2) is 18.2. The molecule has 1 N–H and O–H groups in total. The molecule has 0 aromatic heterocycles. The molecule has 0 aliphatic rings. The van der Waals surface area contributed by atoms with Gasteiger partial charge in [0.15, 0.2) is 0 Å². The van der Waals surface area contributed by atoms with Crippen molar-refractivity contribution in [1.82, 2.24) is 0 Å². The molecule has 0 saturated heterocycles. The summed E-state index contributed by atoms with van der Waals surface area (Å²) in [4.78, 5) is 0. The Balaban J connectivity index is 1.81. The van der Waals surface area contributed by atoms with E-state index in [-0.39, 0.29) is 5.25 Å². The van der Waals surface area contributed by atoms with E-state index < -0.39 is 14.4 Å². The van der Waals surface area contributed by atoms with Crippen molar-refractivity contribution >= 4 is 20.1 Å². The van der Waals surface area contributed by atoms with Crippen LogP contribution in [-0.4, -0.2) is 14.4 Å². The van der Waals surface area contributed by atoms with Crippen LogP contribution in [-0.2, 0) is 0 Å². The summed E-state index contributed by atoms with van der Waals surface area (Å²) < 4.78 is 30.7. The Kier molecular flexibility index (Phi) is 16.6. The van der Waals surface area contributed by atoms with Crippen molar-refractivity contribution in [3.8, 4) is 0 Å². The molecule has 168 valence electrons. The van der Waals surface area contributed by atoms with Gasteiger partial charge in [-0.2, -0.15) is 0 Å². The van der Waals surface area contributed by atoms with Crippen molar-refractivity contribution in [1.29, 1.82) is 0 Å². The van der Waals surface area contributed by atoms with Gasteiger partial charge >= 0.3 is 138 Å². The van der Waals surface area contributed by atoms with E-state index in [1.54, 1.807) is 24.3 Å². The second-order valence-corrected chi connectivity index (χ2v) is 13.1. The van der Waals surface area contributed by atoms with Crippen LogP contribution in [0.3, 0.4) is 0 Å². The summed E-state index contributed by atoms with van der Waals surface area (Å²) in [6.45, 7) is 2.27. The first-order valence-corrected chi connectivity index (χ1v) is 16.5. The summed E-state index contributed by atoms with van der Waals surface area (Å²) >= 11 is -4.83. The third-order valence-corrected chi connectivity index (χ3v) is 9.13. The molecule has 0 bridgehead atoms. The number of hydrogen-bond acceptors (Lipinski definition) is 1. The van der Waals surface area contributed by atoms with Crippen LogP contribution < -0.4 is 4.27 Å². The molecule has 0 aliphatic carbocycles. The molecule has 1 rings (SSSR count). The van der Waals surface area contributed by atoms with Gasteiger partial charge in [0, 0.05) is 0 Å². The van der Waals surface area contributed by atoms with E-state index in [0.29, 0.717) is 12.1 Å². The van der Waals surface area contributed by atoms with Crippen molar-refractivity contribution in [2.24, 2.45) is 0 Å². The average molecular weight is 470 g/mol. The zero-order valence-electron chi connectivity index (χ0n) is 18.9. The van der Waals surface area contributed by atoms with Gasteiger partial charge in [0.1, 0.15) is 0 Å². The minimum atomic E-state index is -4.83. The second-order valence-electron chi connectivity index (χ2n) is 8.60. The zero-order valence-corrected chi connectivity index (χ0v) is 21.0. The van der Waals surface area contributed by atoms with E-state index in [1.807, 2.05) is 6.07 Å². The average Bonchev–Trinajstić information content (AvgIpc) is 2.70. The normalized spacial score (nSPS) is 11.7. The Morgan fingerprint density at radius 1 is 0.586 bits per heavy atom. The number of anilines is 1. The summed E-state index contributed by atoms with van der Waals surface area (Å²) in [6.07, 6.45) is 21.9. The quantitative estimate of drug-likeness (QED) is 0.148. The summed E-state index contributed by atoms with van der Waals surface area (Å²) in [5.41, 5.74) is 0.574. The van der Waals surface area contributed by atoms with Crippen LogP contribution in [0.25, 0.3) is 0 Å². The fourth-order valence-electron chi connectivity index (χ4n) is 3.87. The Hall–Kier alpha value is -0.577. The third kappa shape index (κ3) is 16.9. The van der Waals surface area contributed by atoms with Gasteiger partial charge in [-0.3, -0.25) is 0 Å². The topological polar surface area (TPSA) is 12.0 Å². The predicted molar refractivity (Wildman–Crippen MR) is 127 cm³/mol. The molecule has 1 nitrogen and oxygen atoms in total.